The second-order valence-corrected chi connectivity index (χ2v) is 6.25. The fourth-order valence-corrected chi connectivity index (χ4v) is 3.08. The molecule has 0 aliphatic carbocycles. The van der Waals surface area contributed by atoms with Crippen molar-refractivity contribution in [2.75, 3.05) is 7.11 Å². The van der Waals surface area contributed by atoms with Gasteiger partial charge in [-0.3, -0.25) is 4.79 Å². The fraction of sp³-hybridized carbons (Fsp3) is 0.0588. The Morgan fingerprint density at radius 3 is 2.67 bits per heavy atom. The lowest BCUT2D eigenvalue weighted by atomic mass is 10.2. The van der Waals surface area contributed by atoms with E-state index in [4.69, 9.17) is 16.3 Å². The number of hydrogen-bond donors (Lipinski definition) is 1. The molecule has 3 rings (SSSR count). The van der Waals surface area contributed by atoms with Crippen molar-refractivity contribution in [2.45, 2.75) is 0 Å². The van der Waals surface area contributed by atoms with Crippen LogP contribution in [-0.4, -0.2) is 18.2 Å². The molecule has 0 saturated carbocycles. The first-order valence-corrected chi connectivity index (χ1v) is 8.14. The van der Waals surface area contributed by atoms with Crippen LogP contribution in [0.25, 0.3) is 6.08 Å². The van der Waals surface area contributed by atoms with Gasteiger partial charge in [-0.05, 0) is 54.2 Å². The van der Waals surface area contributed by atoms with Gasteiger partial charge in [-0.25, -0.2) is 9.38 Å². The summed E-state index contributed by atoms with van der Waals surface area (Å²) in [5, 5.41) is 3.32. The molecule has 1 saturated heterocycles. The maximum absolute atomic E-state index is 13.8. The van der Waals surface area contributed by atoms with E-state index < -0.39 is 5.82 Å². The molecule has 0 radical (unpaired) electrons. The van der Waals surface area contributed by atoms with E-state index in [1.54, 1.807) is 37.4 Å². The standard InChI is InChI=1S/C17H12ClFN2O2S/c1-23-11-7-5-10(6-8-11)20-17-21-16(22)15(24-17)9-12-13(18)3-2-4-14(12)19/h2-9H,1H3,(H,20,21,22)/b15-9-. The number of nitrogens with one attached hydrogen (secondary N) is 1. The Morgan fingerprint density at radius 2 is 2.00 bits per heavy atom. The zero-order valence-corrected chi connectivity index (χ0v) is 14.1. The molecule has 0 spiro atoms. The smallest absolute Gasteiger partial charge is 0.264 e. The quantitative estimate of drug-likeness (QED) is 0.824. The minimum absolute atomic E-state index is 0.183. The van der Waals surface area contributed by atoms with Gasteiger partial charge in [-0.2, -0.15) is 0 Å². The summed E-state index contributed by atoms with van der Waals surface area (Å²) < 4.78 is 18.9. The largest absolute Gasteiger partial charge is 0.497 e. The molecule has 4 nitrogen and oxygen atoms in total. The van der Waals surface area contributed by atoms with Crippen molar-refractivity contribution in [3.8, 4) is 5.75 Å². The van der Waals surface area contributed by atoms with Crippen molar-refractivity contribution < 1.29 is 13.9 Å². The third-order valence-electron chi connectivity index (χ3n) is 3.23. The van der Waals surface area contributed by atoms with E-state index in [2.05, 4.69) is 10.3 Å². The van der Waals surface area contributed by atoms with Gasteiger partial charge in [-0.1, -0.05) is 17.7 Å². The number of nitrogens with zero attached hydrogens (tertiary/aromatic N) is 1. The summed E-state index contributed by atoms with van der Waals surface area (Å²) in [6.07, 6.45) is 1.42. The van der Waals surface area contributed by atoms with Gasteiger partial charge in [0.15, 0.2) is 5.17 Å². The van der Waals surface area contributed by atoms with Gasteiger partial charge in [0, 0.05) is 5.56 Å². The maximum Gasteiger partial charge on any atom is 0.264 e. The summed E-state index contributed by atoms with van der Waals surface area (Å²) in [5.74, 6) is -0.104. The Morgan fingerprint density at radius 1 is 1.25 bits per heavy atom. The predicted octanol–water partition coefficient (Wildman–Crippen LogP) is 4.38. The molecule has 0 bridgehead atoms. The van der Waals surface area contributed by atoms with E-state index in [9.17, 15) is 9.18 Å². The molecule has 1 aliphatic heterocycles. The number of carbonyl (C=O) groups excluding carboxylic acids is 1. The van der Waals surface area contributed by atoms with Crippen LogP contribution in [0.15, 0.2) is 52.4 Å². The summed E-state index contributed by atoms with van der Waals surface area (Å²) in [6, 6.07) is 11.5. The Bertz CT molecular complexity index is 830. The number of hydrogen-bond acceptors (Lipinski definition) is 4. The topological polar surface area (TPSA) is 50.7 Å². The second kappa shape index (κ2) is 7.07. The fourth-order valence-electron chi connectivity index (χ4n) is 2.03. The zero-order chi connectivity index (χ0) is 17.1. The van der Waals surface area contributed by atoms with Crippen molar-refractivity contribution in [2.24, 2.45) is 4.99 Å². The number of carbonyl (C=O) groups is 1. The first kappa shape index (κ1) is 16.5. The molecule has 1 aliphatic rings. The van der Waals surface area contributed by atoms with E-state index in [1.807, 2.05) is 0 Å². The molecular weight excluding hydrogens is 351 g/mol. The van der Waals surface area contributed by atoms with Crippen molar-refractivity contribution in [1.29, 1.82) is 0 Å². The molecule has 0 atom stereocenters. The normalized spacial score (nSPS) is 17.4. The highest BCUT2D eigenvalue weighted by molar-refractivity contribution is 8.18. The van der Waals surface area contributed by atoms with Gasteiger partial charge in [-0.15, -0.1) is 0 Å². The minimum atomic E-state index is -0.482. The molecule has 122 valence electrons. The van der Waals surface area contributed by atoms with E-state index >= 15 is 0 Å². The Kier molecular flexibility index (Phi) is 4.87. The average molecular weight is 363 g/mol. The first-order valence-electron chi connectivity index (χ1n) is 6.94. The molecule has 1 heterocycles. The molecule has 7 heteroatoms. The van der Waals surface area contributed by atoms with Crippen LogP contribution < -0.4 is 10.1 Å². The number of halogens is 2. The molecule has 1 N–H and O–H groups in total. The van der Waals surface area contributed by atoms with E-state index in [0.29, 0.717) is 15.8 Å². The molecule has 2 aromatic rings. The SMILES string of the molecule is COc1ccc(N=C2NC(=O)/C(=C/c3c(F)cccc3Cl)S2)cc1. The molecule has 2 aromatic carbocycles. The lowest BCUT2D eigenvalue weighted by Crippen LogP contribution is -2.19. The number of aliphatic imine (C=N–C) groups is 1. The summed E-state index contributed by atoms with van der Waals surface area (Å²) in [4.78, 5) is 16.7. The number of methoxy groups -OCH3 is 1. The van der Waals surface area contributed by atoms with Gasteiger partial charge in [0.05, 0.1) is 22.7 Å². The Labute approximate surface area is 147 Å². The number of amides is 1. The summed E-state index contributed by atoms with van der Waals surface area (Å²) in [6.45, 7) is 0. The van der Waals surface area contributed by atoms with Crippen LogP contribution >= 0.6 is 23.4 Å². The number of amidine groups is 1. The molecule has 24 heavy (non-hydrogen) atoms. The number of rotatable bonds is 3. The van der Waals surface area contributed by atoms with Crippen LogP contribution in [0.4, 0.5) is 10.1 Å². The van der Waals surface area contributed by atoms with Crippen LogP contribution in [-0.2, 0) is 4.79 Å². The minimum Gasteiger partial charge on any atom is -0.497 e. The van der Waals surface area contributed by atoms with Crippen molar-refractivity contribution in [3.63, 3.8) is 0 Å². The lowest BCUT2D eigenvalue weighted by Gasteiger charge is -2.00. The van der Waals surface area contributed by atoms with Crippen molar-refractivity contribution in [3.05, 3.63) is 63.8 Å². The number of ether oxygens (including phenoxy) is 1. The van der Waals surface area contributed by atoms with Crippen LogP contribution in [0, 0.1) is 5.82 Å². The lowest BCUT2D eigenvalue weighted by molar-refractivity contribution is -0.115. The summed E-state index contributed by atoms with van der Waals surface area (Å²) in [5.41, 5.74) is 0.853. The van der Waals surface area contributed by atoms with Crippen LogP contribution in [0.5, 0.6) is 5.75 Å². The summed E-state index contributed by atoms with van der Waals surface area (Å²) >= 11 is 7.11. The third kappa shape index (κ3) is 3.60. The van der Waals surface area contributed by atoms with Gasteiger partial charge in [0.2, 0.25) is 0 Å². The molecule has 0 unspecified atom stereocenters. The Hall–Kier alpha value is -2.31. The zero-order valence-electron chi connectivity index (χ0n) is 12.5. The van der Waals surface area contributed by atoms with E-state index in [1.165, 1.54) is 18.2 Å². The monoisotopic (exact) mass is 362 g/mol. The van der Waals surface area contributed by atoms with Gasteiger partial charge < -0.3 is 10.1 Å². The molecule has 0 aromatic heterocycles. The highest BCUT2D eigenvalue weighted by Crippen LogP contribution is 2.31. The molecule has 1 fully saturated rings. The highest BCUT2D eigenvalue weighted by Gasteiger charge is 2.24. The summed E-state index contributed by atoms with van der Waals surface area (Å²) in [7, 11) is 1.58. The third-order valence-corrected chi connectivity index (χ3v) is 4.47. The van der Waals surface area contributed by atoms with Gasteiger partial charge in [0.25, 0.3) is 5.91 Å². The maximum atomic E-state index is 13.8. The van der Waals surface area contributed by atoms with E-state index in [0.717, 1.165) is 17.5 Å². The van der Waals surface area contributed by atoms with Crippen molar-refractivity contribution in [1.82, 2.24) is 5.32 Å². The van der Waals surface area contributed by atoms with Crippen LogP contribution in [0.2, 0.25) is 5.02 Å². The number of benzene rings is 2. The number of thioether (sulfide) groups is 1. The van der Waals surface area contributed by atoms with Crippen molar-refractivity contribution >= 4 is 46.2 Å². The van der Waals surface area contributed by atoms with Gasteiger partial charge >= 0.3 is 0 Å². The van der Waals surface area contributed by atoms with Crippen LogP contribution in [0.1, 0.15) is 5.56 Å². The average Bonchev–Trinajstić information content (AvgIpc) is 2.91. The first-order chi connectivity index (χ1) is 11.6. The second-order valence-electron chi connectivity index (χ2n) is 4.82. The van der Waals surface area contributed by atoms with Crippen LogP contribution in [0.3, 0.4) is 0 Å². The van der Waals surface area contributed by atoms with Gasteiger partial charge in [0.1, 0.15) is 11.6 Å². The highest BCUT2D eigenvalue weighted by atomic mass is 35.5. The van der Waals surface area contributed by atoms with E-state index in [-0.39, 0.29) is 16.5 Å². The Balaban J connectivity index is 1.85. The molecular formula is C17H12ClFN2O2S. The predicted molar refractivity (Wildman–Crippen MR) is 95.2 cm³/mol. The molecule has 1 amide bonds.